The molecule has 3 nitrogen and oxygen atoms in total. The molecule has 3 rings (SSSR count). The van der Waals surface area contributed by atoms with Crippen LogP contribution < -0.4 is 4.74 Å². The van der Waals surface area contributed by atoms with Crippen molar-refractivity contribution in [3.05, 3.63) is 65.9 Å². The first kappa shape index (κ1) is 15.3. The first-order valence-corrected chi connectivity index (χ1v) is 7.99. The molecular formula is C20H21NO2. The zero-order chi connectivity index (χ0) is 16.2. The van der Waals surface area contributed by atoms with E-state index in [1.165, 1.54) is 5.56 Å². The molecule has 23 heavy (non-hydrogen) atoms. The molecule has 1 heterocycles. The predicted molar refractivity (Wildman–Crippen MR) is 93.2 cm³/mol. The molecule has 1 aromatic heterocycles. The molecule has 118 valence electrons. The average molecular weight is 307 g/mol. The van der Waals surface area contributed by atoms with Crippen molar-refractivity contribution in [1.29, 1.82) is 0 Å². The van der Waals surface area contributed by atoms with Gasteiger partial charge in [0.2, 0.25) is 0 Å². The number of benzene rings is 2. The molecule has 0 saturated heterocycles. The van der Waals surface area contributed by atoms with E-state index in [0.29, 0.717) is 19.6 Å². The lowest BCUT2D eigenvalue weighted by molar-refractivity contribution is 0.0989. The molecule has 0 aliphatic heterocycles. The molecule has 0 spiro atoms. The summed E-state index contributed by atoms with van der Waals surface area (Å²) in [4.78, 5) is 12.1. The number of hydrogen-bond acceptors (Lipinski definition) is 2. The Balaban J connectivity index is 1.77. The fourth-order valence-electron chi connectivity index (χ4n) is 2.74. The second-order valence-electron chi connectivity index (χ2n) is 5.69. The number of carbonyl (C=O) groups excluding carboxylic acids is 1. The van der Waals surface area contributed by atoms with Crippen LogP contribution in [0.25, 0.3) is 10.9 Å². The van der Waals surface area contributed by atoms with Gasteiger partial charge in [-0.25, -0.2) is 0 Å². The maximum atomic E-state index is 12.1. The van der Waals surface area contributed by atoms with Gasteiger partial charge in [-0.3, -0.25) is 4.79 Å². The van der Waals surface area contributed by atoms with Crippen molar-refractivity contribution in [3.8, 4) is 5.75 Å². The summed E-state index contributed by atoms with van der Waals surface area (Å²) in [6, 6.07) is 16.1. The van der Waals surface area contributed by atoms with Crippen LogP contribution >= 0.6 is 0 Å². The molecule has 0 aliphatic rings. The van der Waals surface area contributed by atoms with E-state index >= 15 is 0 Å². The van der Waals surface area contributed by atoms with Gasteiger partial charge in [-0.2, -0.15) is 0 Å². The van der Waals surface area contributed by atoms with E-state index in [1.807, 2.05) is 61.7 Å². The van der Waals surface area contributed by atoms with Gasteiger partial charge in [0.05, 0.1) is 6.54 Å². The van der Waals surface area contributed by atoms with Crippen molar-refractivity contribution in [2.24, 2.45) is 0 Å². The molecule has 0 fully saturated rings. The van der Waals surface area contributed by atoms with Gasteiger partial charge in [-0.15, -0.1) is 0 Å². The SMILES string of the molecule is CCC(=O)c1cn(CCOc2ccc(C)cc2)c2ccccc12. The fourth-order valence-corrected chi connectivity index (χ4v) is 2.74. The number of para-hydroxylation sites is 1. The molecule has 0 unspecified atom stereocenters. The largest absolute Gasteiger partial charge is 0.492 e. The van der Waals surface area contributed by atoms with Gasteiger partial charge in [0.25, 0.3) is 0 Å². The minimum Gasteiger partial charge on any atom is -0.492 e. The van der Waals surface area contributed by atoms with Gasteiger partial charge < -0.3 is 9.30 Å². The molecule has 0 amide bonds. The number of nitrogens with zero attached hydrogens (tertiary/aromatic N) is 1. The van der Waals surface area contributed by atoms with E-state index in [2.05, 4.69) is 11.5 Å². The van der Waals surface area contributed by atoms with E-state index in [-0.39, 0.29) is 5.78 Å². The Morgan fingerprint density at radius 1 is 1.09 bits per heavy atom. The van der Waals surface area contributed by atoms with Crippen LogP contribution in [-0.2, 0) is 6.54 Å². The summed E-state index contributed by atoms with van der Waals surface area (Å²) in [5.41, 5.74) is 3.10. The number of fused-ring (bicyclic) bond motifs is 1. The van der Waals surface area contributed by atoms with E-state index in [0.717, 1.165) is 22.2 Å². The van der Waals surface area contributed by atoms with Crippen LogP contribution in [-0.4, -0.2) is 17.0 Å². The Labute approximate surface area is 136 Å². The third kappa shape index (κ3) is 3.29. The van der Waals surface area contributed by atoms with Gasteiger partial charge in [-0.1, -0.05) is 42.8 Å². The highest BCUT2D eigenvalue weighted by molar-refractivity contribution is 6.07. The quantitative estimate of drug-likeness (QED) is 0.622. The maximum absolute atomic E-state index is 12.1. The number of ketones is 1. The number of Topliss-reactive ketones (excluding diaryl/α,β-unsaturated/α-hetero) is 1. The third-order valence-electron chi connectivity index (χ3n) is 4.03. The lowest BCUT2D eigenvalue weighted by Crippen LogP contribution is -2.07. The number of carbonyl (C=O) groups is 1. The van der Waals surface area contributed by atoms with Gasteiger partial charge >= 0.3 is 0 Å². The van der Waals surface area contributed by atoms with Crippen LogP contribution in [0.3, 0.4) is 0 Å². The molecular weight excluding hydrogens is 286 g/mol. The van der Waals surface area contributed by atoms with E-state index in [4.69, 9.17) is 4.74 Å². The van der Waals surface area contributed by atoms with Crippen molar-refractivity contribution in [1.82, 2.24) is 4.57 Å². The topological polar surface area (TPSA) is 31.2 Å². The molecule has 0 saturated carbocycles. The van der Waals surface area contributed by atoms with Crippen molar-refractivity contribution in [3.63, 3.8) is 0 Å². The third-order valence-corrected chi connectivity index (χ3v) is 4.03. The number of aromatic nitrogens is 1. The van der Waals surface area contributed by atoms with Crippen LogP contribution in [0.4, 0.5) is 0 Å². The van der Waals surface area contributed by atoms with Crippen molar-refractivity contribution in [2.45, 2.75) is 26.8 Å². The van der Waals surface area contributed by atoms with E-state index in [1.54, 1.807) is 0 Å². The number of ether oxygens (including phenoxy) is 1. The fraction of sp³-hybridized carbons (Fsp3) is 0.250. The van der Waals surface area contributed by atoms with Crippen LogP contribution in [0.15, 0.2) is 54.7 Å². The smallest absolute Gasteiger partial charge is 0.164 e. The van der Waals surface area contributed by atoms with Gasteiger partial charge in [0, 0.05) is 29.1 Å². The summed E-state index contributed by atoms with van der Waals surface area (Å²) in [5, 5.41) is 1.02. The molecule has 3 aromatic rings. The maximum Gasteiger partial charge on any atom is 0.164 e. The summed E-state index contributed by atoms with van der Waals surface area (Å²) in [7, 11) is 0. The molecule has 3 heteroatoms. The minimum atomic E-state index is 0.180. The number of rotatable bonds is 6. The molecule has 0 atom stereocenters. The van der Waals surface area contributed by atoms with Gasteiger partial charge in [0.1, 0.15) is 12.4 Å². The second-order valence-corrected chi connectivity index (χ2v) is 5.69. The normalized spacial score (nSPS) is 10.9. The molecule has 0 aliphatic carbocycles. The highest BCUT2D eigenvalue weighted by atomic mass is 16.5. The lowest BCUT2D eigenvalue weighted by atomic mass is 10.1. The van der Waals surface area contributed by atoms with Gasteiger partial charge in [-0.05, 0) is 25.1 Å². The lowest BCUT2D eigenvalue weighted by Gasteiger charge is -2.08. The average Bonchev–Trinajstić information content (AvgIpc) is 2.95. The second kappa shape index (κ2) is 6.69. The molecule has 0 bridgehead atoms. The summed E-state index contributed by atoms with van der Waals surface area (Å²) in [6.45, 7) is 5.24. The van der Waals surface area contributed by atoms with Crippen molar-refractivity contribution in [2.75, 3.05) is 6.61 Å². The minimum absolute atomic E-state index is 0.180. The van der Waals surface area contributed by atoms with E-state index in [9.17, 15) is 4.79 Å². The van der Waals surface area contributed by atoms with Crippen LogP contribution in [0, 0.1) is 6.92 Å². The Morgan fingerprint density at radius 3 is 2.57 bits per heavy atom. The van der Waals surface area contributed by atoms with E-state index < -0.39 is 0 Å². The first-order valence-electron chi connectivity index (χ1n) is 7.99. The summed E-state index contributed by atoms with van der Waals surface area (Å²) in [5.74, 6) is 1.05. The highest BCUT2D eigenvalue weighted by Crippen LogP contribution is 2.22. The monoisotopic (exact) mass is 307 g/mol. The molecule has 2 aromatic carbocycles. The van der Waals surface area contributed by atoms with Crippen molar-refractivity contribution < 1.29 is 9.53 Å². The van der Waals surface area contributed by atoms with Crippen LogP contribution in [0.1, 0.15) is 29.3 Å². The molecule has 0 N–H and O–H groups in total. The zero-order valence-electron chi connectivity index (χ0n) is 13.6. The summed E-state index contributed by atoms with van der Waals surface area (Å²) >= 11 is 0. The van der Waals surface area contributed by atoms with Crippen LogP contribution in [0.2, 0.25) is 0 Å². The van der Waals surface area contributed by atoms with Crippen molar-refractivity contribution >= 4 is 16.7 Å². The van der Waals surface area contributed by atoms with Gasteiger partial charge in [0.15, 0.2) is 5.78 Å². The first-order chi connectivity index (χ1) is 11.2. The Morgan fingerprint density at radius 2 is 1.83 bits per heavy atom. The Bertz CT molecular complexity index is 815. The standard InChI is InChI=1S/C20H21NO2/c1-3-20(22)18-14-21(19-7-5-4-6-17(18)19)12-13-23-16-10-8-15(2)9-11-16/h4-11,14H,3,12-13H2,1-2H3. The van der Waals surface area contributed by atoms with Crippen LogP contribution in [0.5, 0.6) is 5.75 Å². The predicted octanol–water partition coefficient (Wildman–Crippen LogP) is 4.62. The Hall–Kier alpha value is -2.55. The summed E-state index contributed by atoms with van der Waals surface area (Å²) in [6.07, 6.45) is 2.48. The number of hydrogen-bond donors (Lipinski definition) is 0. The molecule has 0 radical (unpaired) electrons. The summed E-state index contributed by atoms with van der Waals surface area (Å²) < 4.78 is 7.91. The number of aryl methyl sites for hydroxylation is 1. The highest BCUT2D eigenvalue weighted by Gasteiger charge is 2.13. The zero-order valence-corrected chi connectivity index (χ0v) is 13.6. The Kier molecular flexibility index (Phi) is 4.47.